The van der Waals surface area contributed by atoms with Crippen LogP contribution in [0, 0.1) is 6.92 Å². The third-order valence-corrected chi connectivity index (χ3v) is 4.00. The van der Waals surface area contributed by atoms with E-state index in [2.05, 4.69) is 0 Å². The Morgan fingerprint density at radius 2 is 1.76 bits per heavy atom. The standard InChI is InChI=1S/C20H18O5/c1-12-14-6-4-5-7-16(14)25-20(12)15(21)9-8-13-10-17(23-2)19(22)18(11-13)24-3/h4-11,22H,1-3H3/b9-8+. The molecule has 1 N–H and O–H groups in total. The Labute approximate surface area is 145 Å². The number of aryl methyl sites for hydroxylation is 1. The molecular weight excluding hydrogens is 320 g/mol. The highest BCUT2D eigenvalue weighted by atomic mass is 16.5. The molecule has 0 saturated heterocycles. The second-order valence-electron chi connectivity index (χ2n) is 5.52. The van der Waals surface area contributed by atoms with Crippen LogP contribution in [0.25, 0.3) is 17.0 Å². The van der Waals surface area contributed by atoms with Crippen molar-refractivity contribution < 1.29 is 23.8 Å². The van der Waals surface area contributed by atoms with Gasteiger partial charge >= 0.3 is 0 Å². The Bertz CT molecular complexity index is 940. The summed E-state index contributed by atoms with van der Waals surface area (Å²) in [6.45, 7) is 1.86. The van der Waals surface area contributed by atoms with Crippen molar-refractivity contribution in [2.75, 3.05) is 14.2 Å². The highest BCUT2D eigenvalue weighted by molar-refractivity contribution is 6.08. The smallest absolute Gasteiger partial charge is 0.221 e. The molecule has 25 heavy (non-hydrogen) atoms. The average Bonchev–Trinajstić information content (AvgIpc) is 2.97. The number of fused-ring (bicyclic) bond motifs is 1. The Morgan fingerprint density at radius 3 is 2.36 bits per heavy atom. The monoisotopic (exact) mass is 338 g/mol. The maximum atomic E-state index is 12.5. The number of ketones is 1. The van der Waals surface area contributed by atoms with Crippen LogP contribution in [0.5, 0.6) is 17.2 Å². The largest absolute Gasteiger partial charge is 0.502 e. The van der Waals surface area contributed by atoms with Gasteiger partial charge in [0, 0.05) is 10.9 Å². The van der Waals surface area contributed by atoms with Gasteiger partial charge in [-0.15, -0.1) is 0 Å². The van der Waals surface area contributed by atoms with Crippen molar-refractivity contribution >= 4 is 22.8 Å². The summed E-state index contributed by atoms with van der Waals surface area (Å²) < 4.78 is 15.9. The van der Waals surface area contributed by atoms with Gasteiger partial charge in [-0.2, -0.15) is 0 Å². The molecule has 0 spiro atoms. The summed E-state index contributed by atoms with van der Waals surface area (Å²) in [5.41, 5.74) is 2.16. The van der Waals surface area contributed by atoms with Crippen molar-refractivity contribution in [1.82, 2.24) is 0 Å². The lowest BCUT2D eigenvalue weighted by atomic mass is 10.1. The van der Waals surface area contributed by atoms with E-state index in [1.807, 2.05) is 31.2 Å². The molecule has 0 saturated carbocycles. The predicted octanol–water partition coefficient (Wildman–Crippen LogP) is 4.36. The summed E-state index contributed by atoms with van der Waals surface area (Å²) >= 11 is 0. The van der Waals surface area contributed by atoms with Crippen molar-refractivity contribution in [3.05, 3.63) is 59.4 Å². The van der Waals surface area contributed by atoms with Crippen LogP contribution in [0.4, 0.5) is 0 Å². The molecule has 1 heterocycles. The quantitative estimate of drug-likeness (QED) is 0.553. The fraction of sp³-hybridized carbons (Fsp3) is 0.150. The highest BCUT2D eigenvalue weighted by Gasteiger charge is 2.15. The van der Waals surface area contributed by atoms with Gasteiger partial charge in [0.25, 0.3) is 0 Å². The Kier molecular flexibility index (Phi) is 4.48. The van der Waals surface area contributed by atoms with E-state index < -0.39 is 0 Å². The van der Waals surface area contributed by atoms with E-state index in [-0.39, 0.29) is 23.0 Å². The zero-order valence-electron chi connectivity index (χ0n) is 14.2. The van der Waals surface area contributed by atoms with Crippen LogP contribution >= 0.6 is 0 Å². The van der Waals surface area contributed by atoms with Crippen molar-refractivity contribution in [3.63, 3.8) is 0 Å². The van der Waals surface area contributed by atoms with E-state index in [9.17, 15) is 9.90 Å². The number of phenolic OH excluding ortho intramolecular Hbond substituents is 1. The number of ether oxygens (including phenoxy) is 2. The van der Waals surface area contributed by atoms with E-state index in [1.165, 1.54) is 20.3 Å². The highest BCUT2D eigenvalue weighted by Crippen LogP contribution is 2.37. The van der Waals surface area contributed by atoms with Crippen molar-refractivity contribution in [2.24, 2.45) is 0 Å². The fourth-order valence-corrected chi connectivity index (χ4v) is 2.67. The minimum Gasteiger partial charge on any atom is -0.502 e. The number of carbonyl (C=O) groups excluding carboxylic acids is 1. The molecule has 0 fully saturated rings. The number of benzene rings is 2. The van der Waals surface area contributed by atoms with E-state index in [0.717, 1.165) is 10.9 Å². The molecule has 2 aromatic carbocycles. The van der Waals surface area contributed by atoms with Crippen molar-refractivity contribution in [2.45, 2.75) is 6.92 Å². The molecule has 1 aromatic heterocycles. The number of phenols is 1. The summed E-state index contributed by atoms with van der Waals surface area (Å²) in [6.07, 6.45) is 3.05. The SMILES string of the molecule is COc1cc(/C=C/C(=O)c2oc3ccccc3c2C)cc(OC)c1O. The second kappa shape index (κ2) is 6.73. The average molecular weight is 338 g/mol. The number of aromatic hydroxyl groups is 1. The van der Waals surface area contributed by atoms with Crippen LogP contribution in [-0.2, 0) is 0 Å². The zero-order valence-corrected chi connectivity index (χ0v) is 14.2. The summed E-state index contributed by atoms with van der Waals surface area (Å²) in [4.78, 5) is 12.5. The minimum atomic E-state index is -0.236. The molecule has 3 rings (SSSR count). The third kappa shape index (κ3) is 3.08. The van der Waals surface area contributed by atoms with Crippen LogP contribution in [-0.4, -0.2) is 25.1 Å². The molecule has 3 aromatic rings. The molecule has 0 atom stereocenters. The molecule has 128 valence electrons. The number of furan rings is 1. The third-order valence-electron chi connectivity index (χ3n) is 4.00. The van der Waals surface area contributed by atoms with Crippen molar-refractivity contribution in [1.29, 1.82) is 0 Å². The Hall–Kier alpha value is -3.21. The number of carbonyl (C=O) groups is 1. The molecule has 0 aliphatic heterocycles. The van der Waals surface area contributed by atoms with E-state index >= 15 is 0 Å². The second-order valence-corrected chi connectivity index (χ2v) is 5.52. The topological polar surface area (TPSA) is 68.9 Å². The van der Waals surface area contributed by atoms with Crippen LogP contribution in [0.15, 0.2) is 46.9 Å². The van der Waals surface area contributed by atoms with Gasteiger partial charge in [-0.05, 0) is 36.8 Å². The number of rotatable bonds is 5. The first-order valence-corrected chi connectivity index (χ1v) is 7.70. The lowest BCUT2D eigenvalue weighted by Gasteiger charge is -2.09. The van der Waals surface area contributed by atoms with Gasteiger partial charge in [0.1, 0.15) is 5.58 Å². The maximum Gasteiger partial charge on any atom is 0.221 e. The Balaban J connectivity index is 1.93. The minimum absolute atomic E-state index is 0.0818. The fourth-order valence-electron chi connectivity index (χ4n) is 2.67. The molecule has 0 amide bonds. The van der Waals surface area contributed by atoms with E-state index in [1.54, 1.807) is 18.2 Å². The summed E-state index contributed by atoms with van der Waals surface area (Å²) in [6, 6.07) is 10.8. The summed E-state index contributed by atoms with van der Waals surface area (Å²) in [5, 5.41) is 10.9. The molecule has 0 unspecified atom stereocenters. The maximum absolute atomic E-state index is 12.5. The molecule has 5 nitrogen and oxygen atoms in total. The number of hydrogen-bond acceptors (Lipinski definition) is 5. The zero-order chi connectivity index (χ0) is 18.0. The van der Waals surface area contributed by atoms with E-state index in [0.29, 0.717) is 16.9 Å². The predicted molar refractivity (Wildman–Crippen MR) is 95.5 cm³/mol. The molecule has 5 heteroatoms. The lowest BCUT2D eigenvalue weighted by Crippen LogP contribution is -1.94. The number of hydrogen-bond donors (Lipinski definition) is 1. The first-order chi connectivity index (χ1) is 12.0. The van der Waals surface area contributed by atoms with E-state index in [4.69, 9.17) is 13.9 Å². The molecule has 0 radical (unpaired) electrons. The normalized spacial score (nSPS) is 11.2. The number of para-hydroxylation sites is 1. The number of allylic oxidation sites excluding steroid dienone is 1. The van der Waals surface area contributed by atoms with Gasteiger partial charge in [-0.3, -0.25) is 4.79 Å². The van der Waals surface area contributed by atoms with Gasteiger partial charge < -0.3 is 19.0 Å². The first-order valence-electron chi connectivity index (χ1n) is 7.70. The summed E-state index contributed by atoms with van der Waals surface area (Å²) in [5.74, 6) is 0.536. The molecule has 0 bridgehead atoms. The van der Waals surface area contributed by atoms with Gasteiger partial charge in [0.05, 0.1) is 14.2 Å². The van der Waals surface area contributed by atoms with Gasteiger partial charge in [0.2, 0.25) is 11.5 Å². The van der Waals surface area contributed by atoms with Crippen LogP contribution in [0.2, 0.25) is 0 Å². The lowest BCUT2D eigenvalue weighted by molar-refractivity contribution is 0.102. The first kappa shape index (κ1) is 16.6. The number of methoxy groups -OCH3 is 2. The molecule has 0 aliphatic carbocycles. The van der Waals surface area contributed by atoms with Crippen LogP contribution in [0.1, 0.15) is 21.7 Å². The van der Waals surface area contributed by atoms with Gasteiger partial charge in [-0.1, -0.05) is 24.3 Å². The van der Waals surface area contributed by atoms with Crippen LogP contribution in [0.3, 0.4) is 0 Å². The van der Waals surface area contributed by atoms with Gasteiger partial charge in [-0.25, -0.2) is 0 Å². The molecular formula is C20H18O5. The summed E-state index contributed by atoms with van der Waals surface area (Å²) in [7, 11) is 2.90. The van der Waals surface area contributed by atoms with Gasteiger partial charge in [0.15, 0.2) is 17.3 Å². The van der Waals surface area contributed by atoms with Crippen LogP contribution < -0.4 is 9.47 Å². The van der Waals surface area contributed by atoms with Crippen molar-refractivity contribution in [3.8, 4) is 17.2 Å². The Morgan fingerprint density at radius 1 is 1.12 bits per heavy atom. The molecule has 0 aliphatic rings.